The van der Waals surface area contributed by atoms with Crippen LogP contribution >= 0.6 is 0 Å². The molecular formula is C22H24FN3O2. The lowest BCUT2D eigenvalue weighted by Crippen LogP contribution is -2.43. The highest BCUT2D eigenvalue weighted by atomic mass is 19.1. The SMILES string of the molecule is CC(C)CN(C)C(=O)C1=NN2c3cc(F)ccc3OC[C@H]2[C@H]1c1ccccc1. The van der Waals surface area contributed by atoms with Crippen LogP contribution in [0.4, 0.5) is 10.1 Å². The normalized spacial score (nSPS) is 20.3. The summed E-state index contributed by atoms with van der Waals surface area (Å²) in [5, 5.41) is 6.45. The smallest absolute Gasteiger partial charge is 0.270 e. The third-order valence-electron chi connectivity index (χ3n) is 5.15. The molecule has 0 bridgehead atoms. The van der Waals surface area contributed by atoms with Crippen molar-refractivity contribution < 1.29 is 13.9 Å². The van der Waals surface area contributed by atoms with Crippen LogP contribution in [0, 0.1) is 11.7 Å². The van der Waals surface area contributed by atoms with Crippen molar-refractivity contribution in [3.8, 4) is 5.75 Å². The summed E-state index contributed by atoms with van der Waals surface area (Å²) in [6, 6.07) is 14.1. The number of rotatable bonds is 4. The van der Waals surface area contributed by atoms with Crippen molar-refractivity contribution in [2.45, 2.75) is 25.8 Å². The molecule has 1 amide bonds. The third kappa shape index (κ3) is 3.23. The first-order valence-electron chi connectivity index (χ1n) is 9.56. The van der Waals surface area contributed by atoms with E-state index in [1.165, 1.54) is 12.1 Å². The number of hydrazone groups is 1. The Hall–Kier alpha value is -2.89. The molecule has 0 unspecified atom stereocenters. The highest BCUT2D eigenvalue weighted by molar-refractivity contribution is 6.42. The number of carbonyl (C=O) groups excluding carboxylic acids is 1. The number of hydrogen-bond donors (Lipinski definition) is 0. The number of fused-ring (bicyclic) bond motifs is 3. The number of benzene rings is 2. The monoisotopic (exact) mass is 381 g/mol. The van der Waals surface area contributed by atoms with Gasteiger partial charge in [-0.2, -0.15) is 5.10 Å². The van der Waals surface area contributed by atoms with E-state index in [9.17, 15) is 9.18 Å². The largest absolute Gasteiger partial charge is 0.489 e. The van der Waals surface area contributed by atoms with Gasteiger partial charge in [-0.25, -0.2) is 4.39 Å². The number of halogens is 1. The second-order valence-electron chi connectivity index (χ2n) is 7.79. The molecule has 0 radical (unpaired) electrons. The Morgan fingerprint density at radius 2 is 2.04 bits per heavy atom. The van der Waals surface area contributed by atoms with Crippen LogP contribution in [0.2, 0.25) is 0 Å². The Kier molecular flexibility index (Phi) is 4.79. The minimum atomic E-state index is -0.355. The standard InChI is InChI=1S/C22H24FN3O2/c1-14(2)12-25(3)22(27)21-20(15-7-5-4-6-8-15)18-13-28-19-10-9-16(23)11-17(19)26(18)24-21/h4-11,14,18,20H,12-13H2,1-3H3/t18-,20+/m0/s1. The maximum atomic E-state index is 13.9. The first-order valence-corrected chi connectivity index (χ1v) is 9.56. The molecule has 2 aliphatic rings. The van der Waals surface area contributed by atoms with E-state index < -0.39 is 0 Å². The maximum absolute atomic E-state index is 13.9. The molecular weight excluding hydrogens is 357 g/mol. The number of hydrogen-bond acceptors (Lipinski definition) is 4. The van der Waals surface area contributed by atoms with Crippen LogP contribution in [0.15, 0.2) is 53.6 Å². The van der Waals surface area contributed by atoms with Gasteiger partial charge in [0.05, 0.1) is 12.0 Å². The summed E-state index contributed by atoms with van der Waals surface area (Å²) in [4.78, 5) is 15.0. The molecule has 0 fully saturated rings. The molecule has 0 saturated carbocycles. The molecule has 2 aromatic carbocycles. The van der Waals surface area contributed by atoms with Gasteiger partial charge in [-0.05, 0) is 23.6 Å². The van der Waals surface area contributed by atoms with Gasteiger partial charge in [-0.3, -0.25) is 9.80 Å². The van der Waals surface area contributed by atoms with E-state index in [4.69, 9.17) is 9.84 Å². The van der Waals surface area contributed by atoms with E-state index >= 15 is 0 Å². The summed E-state index contributed by atoms with van der Waals surface area (Å²) < 4.78 is 19.8. The molecule has 4 rings (SSSR count). The maximum Gasteiger partial charge on any atom is 0.270 e. The average molecular weight is 381 g/mol. The zero-order chi connectivity index (χ0) is 19.8. The van der Waals surface area contributed by atoms with Crippen LogP contribution in [0.5, 0.6) is 5.75 Å². The Morgan fingerprint density at radius 1 is 1.29 bits per heavy atom. The molecule has 0 saturated heterocycles. The van der Waals surface area contributed by atoms with E-state index in [0.29, 0.717) is 36.2 Å². The van der Waals surface area contributed by atoms with Crippen LogP contribution in [0.1, 0.15) is 25.3 Å². The molecule has 2 aliphatic heterocycles. The lowest BCUT2D eigenvalue weighted by atomic mass is 9.87. The molecule has 2 atom stereocenters. The summed E-state index contributed by atoms with van der Waals surface area (Å²) in [7, 11) is 1.80. The van der Waals surface area contributed by atoms with Crippen molar-refractivity contribution >= 4 is 17.3 Å². The summed E-state index contributed by atoms with van der Waals surface area (Å²) in [6.07, 6.45) is 0. The minimum absolute atomic E-state index is 0.102. The lowest BCUT2D eigenvalue weighted by molar-refractivity contribution is -0.123. The van der Waals surface area contributed by atoms with Gasteiger partial charge in [0, 0.05) is 19.7 Å². The Bertz CT molecular complexity index is 913. The van der Waals surface area contributed by atoms with Crippen LogP contribution < -0.4 is 9.75 Å². The van der Waals surface area contributed by atoms with Gasteiger partial charge in [-0.15, -0.1) is 0 Å². The van der Waals surface area contributed by atoms with Gasteiger partial charge in [-0.1, -0.05) is 44.2 Å². The van der Waals surface area contributed by atoms with Gasteiger partial charge in [0.2, 0.25) is 0 Å². The van der Waals surface area contributed by atoms with Crippen LogP contribution in [-0.2, 0) is 4.79 Å². The molecule has 0 N–H and O–H groups in total. The molecule has 0 aromatic heterocycles. The molecule has 0 aliphatic carbocycles. The fraction of sp³-hybridized carbons (Fsp3) is 0.364. The fourth-order valence-corrected chi connectivity index (χ4v) is 3.98. The molecule has 5 nitrogen and oxygen atoms in total. The number of nitrogens with zero attached hydrogens (tertiary/aromatic N) is 3. The predicted octanol–water partition coefficient (Wildman–Crippen LogP) is 3.66. The summed E-state index contributed by atoms with van der Waals surface area (Å²) in [5.41, 5.74) is 2.04. The topological polar surface area (TPSA) is 45.1 Å². The van der Waals surface area contributed by atoms with E-state index in [-0.39, 0.29) is 23.7 Å². The van der Waals surface area contributed by atoms with Gasteiger partial charge in [0.15, 0.2) is 0 Å². The average Bonchev–Trinajstić information content (AvgIpc) is 3.07. The quantitative estimate of drug-likeness (QED) is 0.812. The van der Waals surface area contributed by atoms with E-state index in [2.05, 4.69) is 13.8 Å². The van der Waals surface area contributed by atoms with Crippen molar-refractivity contribution in [1.29, 1.82) is 0 Å². The minimum Gasteiger partial charge on any atom is -0.489 e. The second-order valence-corrected chi connectivity index (χ2v) is 7.79. The fourth-order valence-electron chi connectivity index (χ4n) is 3.98. The van der Waals surface area contributed by atoms with Crippen LogP contribution in [0.25, 0.3) is 0 Å². The first kappa shape index (κ1) is 18.5. The first-order chi connectivity index (χ1) is 13.5. The Morgan fingerprint density at radius 3 is 2.75 bits per heavy atom. The van der Waals surface area contributed by atoms with Crippen LogP contribution in [0.3, 0.4) is 0 Å². The van der Waals surface area contributed by atoms with Gasteiger partial charge < -0.3 is 9.64 Å². The van der Waals surface area contributed by atoms with Gasteiger partial charge in [0.25, 0.3) is 5.91 Å². The summed E-state index contributed by atoms with van der Waals surface area (Å²) in [6.45, 7) is 5.17. The molecule has 0 spiro atoms. The van der Waals surface area contributed by atoms with Crippen molar-refractivity contribution in [1.82, 2.24) is 4.90 Å². The van der Waals surface area contributed by atoms with Crippen molar-refractivity contribution in [3.63, 3.8) is 0 Å². The highest BCUT2D eigenvalue weighted by Crippen LogP contribution is 2.43. The number of anilines is 1. The second kappa shape index (κ2) is 7.26. The van der Waals surface area contributed by atoms with Crippen LogP contribution in [-0.4, -0.2) is 42.8 Å². The Balaban J connectivity index is 1.77. The molecule has 6 heteroatoms. The molecule has 2 aromatic rings. The zero-order valence-electron chi connectivity index (χ0n) is 16.3. The van der Waals surface area contributed by atoms with Gasteiger partial charge >= 0.3 is 0 Å². The number of ether oxygens (including phenoxy) is 1. The highest BCUT2D eigenvalue weighted by Gasteiger charge is 2.46. The van der Waals surface area contributed by atoms with Crippen molar-refractivity contribution in [2.24, 2.45) is 11.0 Å². The summed E-state index contributed by atoms with van der Waals surface area (Å²) in [5.74, 6) is 0.241. The van der Waals surface area contributed by atoms with Gasteiger partial charge in [0.1, 0.15) is 29.6 Å². The summed E-state index contributed by atoms with van der Waals surface area (Å²) >= 11 is 0. The van der Waals surface area contributed by atoms with Crippen molar-refractivity contribution in [3.05, 3.63) is 59.9 Å². The third-order valence-corrected chi connectivity index (χ3v) is 5.15. The molecule has 146 valence electrons. The number of amides is 1. The Labute approximate surface area is 164 Å². The van der Waals surface area contributed by atoms with E-state index in [1.807, 2.05) is 30.3 Å². The number of carbonyl (C=O) groups is 1. The van der Waals surface area contributed by atoms with Crippen molar-refractivity contribution in [2.75, 3.05) is 25.2 Å². The predicted molar refractivity (Wildman–Crippen MR) is 107 cm³/mol. The zero-order valence-corrected chi connectivity index (χ0v) is 16.3. The molecule has 2 heterocycles. The lowest BCUT2D eigenvalue weighted by Gasteiger charge is -2.33. The van der Waals surface area contributed by atoms with E-state index in [0.717, 1.165) is 5.56 Å². The van der Waals surface area contributed by atoms with E-state index in [1.54, 1.807) is 23.0 Å². The molecule has 28 heavy (non-hydrogen) atoms.